The van der Waals surface area contributed by atoms with Crippen molar-refractivity contribution < 1.29 is 18.3 Å². The van der Waals surface area contributed by atoms with Gasteiger partial charge in [0.15, 0.2) is 0 Å². The van der Waals surface area contributed by atoms with Gasteiger partial charge in [-0.15, -0.1) is 0 Å². The van der Waals surface area contributed by atoms with Crippen molar-refractivity contribution in [3.8, 4) is 11.6 Å². The molecule has 2 aromatic carbocycles. The highest BCUT2D eigenvalue weighted by Crippen LogP contribution is 2.22. The van der Waals surface area contributed by atoms with Crippen LogP contribution < -0.4 is 11.2 Å². The number of rotatable bonds is 5. The summed E-state index contributed by atoms with van der Waals surface area (Å²) in [4.78, 5) is 31.0. The Kier molecular flexibility index (Phi) is 6.27. The number of sulfonamides is 1. The van der Waals surface area contributed by atoms with E-state index in [1.54, 1.807) is 18.2 Å². The lowest BCUT2D eigenvalue weighted by Gasteiger charge is -2.26. The largest absolute Gasteiger partial charge is 0.493 e. The molecule has 0 atom stereocenters. The summed E-state index contributed by atoms with van der Waals surface area (Å²) in [6.45, 7) is 3.12. The number of aliphatic imine (C=N–C) groups is 1. The molecule has 1 aliphatic rings. The van der Waals surface area contributed by atoms with E-state index < -0.39 is 27.2 Å². The van der Waals surface area contributed by atoms with Gasteiger partial charge in [0, 0.05) is 19.3 Å². The van der Waals surface area contributed by atoms with Gasteiger partial charge in [-0.05, 0) is 48.9 Å². The molecule has 1 saturated heterocycles. The second-order valence-corrected chi connectivity index (χ2v) is 9.38. The maximum absolute atomic E-state index is 12.7. The molecule has 0 bridgehead atoms. The van der Waals surface area contributed by atoms with Gasteiger partial charge >= 0.3 is 5.69 Å². The molecule has 1 fully saturated rings. The summed E-state index contributed by atoms with van der Waals surface area (Å²) < 4.78 is 33.0. The van der Waals surface area contributed by atoms with Gasteiger partial charge in [0.1, 0.15) is 5.56 Å². The van der Waals surface area contributed by atoms with Crippen LogP contribution in [0, 0.1) is 6.92 Å². The molecule has 4 rings (SSSR count). The minimum Gasteiger partial charge on any atom is -0.493 e. The minimum absolute atomic E-state index is 0.122. The normalized spacial score (nSPS) is 15.2. The smallest absolute Gasteiger partial charge is 0.335 e. The average Bonchev–Trinajstić information content (AvgIpc) is 2.79. The van der Waals surface area contributed by atoms with Gasteiger partial charge in [0.25, 0.3) is 5.56 Å². The first kappa shape index (κ1) is 22.6. The number of hydrogen-bond acceptors (Lipinski definition) is 7. The molecule has 0 spiro atoms. The Labute approximate surface area is 189 Å². The molecule has 172 valence electrons. The highest BCUT2D eigenvalue weighted by molar-refractivity contribution is 7.89. The Hall–Kier alpha value is -3.54. The fourth-order valence-corrected chi connectivity index (χ4v) is 4.85. The molecule has 0 unspecified atom stereocenters. The molecule has 2 heterocycles. The molecular weight excluding hydrogens is 448 g/mol. The maximum atomic E-state index is 12.7. The fourth-order valence-electron chi connectivity index (χ4n) is 3.44. The SMILES string of the molecule is Cc1cccc(-n2c(O)c(C=Nc3ccc(S(=O)(=O)N4CCOCC4)cc3)c(=O)[nH]c2=O)c1. The van der Waals surface area contributed by atoms with Crippen LogP contribution in [0.5, 0.6) is 5.88 Å². The molecule has 10 nitrogen and oxygen atoms in total. The summed E-state index contributed by atoms with van der Waals surface area (Å²) in [6, 6.07) is 12.7. The van der Waals surface area contributed by atoms with E-state index in [9.17, 15) is 23.1 Å². The molecule has 3 aromatic rings. The number of H-pyrrole nitrogens is 1. The van der Waals surface area contributed by atoms with Crippen molar-refractivity contribution in [2.45, 2.75) is 11.8 Å². The Morgan fingerprint density at radius 2 is 1.79 bits per heavy atom. The van der Waals surface area contributed by atoms with Crippen molar-refractivity contribution in [2.75, 3.05) is 26.3 Å². The Morgan fingerprint density at radius 1 is 1.09 bits per heavy atom. The molecule has 2 N–H and O–H groups in total. The number of nitrogens with zero attached hydrogens (tertiary/aromatic N) is 3. The van der Waals surface area contributed by atoms with Gasteiger partial charge in [-0.2, -0.15) is 4.31 Å². The van der Waals surface area contributed by atoms with Crippen LogP contribution in [0.15, 0.2) is 68.0 Å². The number of ether oxygens (including phenoxy) is 1. The van der Waals surface area contributed by atoms with Gasteiger partial charge in [-0.3, -0.25) is 14.8 Å². The summed E-state index contributed by atoms with van der Waals surface area (Å²) in [5.74, 6) is -0.551. The quantitative estimate of drug-likeness (QED) is 0.540. The zero-order chi connectivity index (χ0) is 23.6. The third kappa shape index (κ3) is 4.65. The molecule has 0 saturated carbocycles. The Morgan fingerprint density at radius 3 is 2.45 bits per heavy atom. The van der Waals surface area contributed by atoms with Crippen molar-refractivity contribution in [1.82, 2.24) is 13.9 Å². The van der Waals surface area contributed by atoms with Crippen LogP contribution in [0.2, 0.25) is 0 Å². The van der Waals surface area contributed by atoms with E-state index in [0.29, 0.717) is 37.7 Å². The maximum Gasteiger partial charge on any atom is 0.335 e. The number of nitrogens with one attached hydrogen (secondary N) is 1. The number of aromatic amines is 1. The molecule has 0 aliphatic carbocycles. The summed E-state index contributed by atoms with van der Waals surface area (Å²) in [7, 11) is -3.64. The number of morpholine rings is 1. The predicted molar refractivity (Wildman–Crippen MR) is 122 cm³/mol. The van der Waals surface area contributed by atoms with Crippen molar-refractivity contribution in [1.29, 1.82) is 0 Å². The van der Waals surface area contributed by atoms with E-state index in [0.717, 1.165) is 16.3 Å². The first-order chi connectivity index (χ1) is 15.8. The second-order valence-electron chi connectivity index (χ2n) is 7.44. The zero-order valence-electron chi connectivity index (χ0n) is 17.8. The first-order valence-electron chi connectivity index (χ1n) is 10.1. The van der Waals surface area contributed by atoms with Crippen LogP contribution in [-0.2, 0) is 14.8 Å². The minimum atomic E-state index is -3.64. The third-order valence-electron chi connectivity index (χ3n) is 5.17. The van der Waals surface area contributed by atoms with Crippen LogP contribution in [0.4, 0.5) is 5.69 Å². The summed E-state index contributed by atoms with van der Waals surface area (Å²) in [5.41, 5.74) is -0.160. The lowest BCUT2D eigenvalue weighted by atomic mass is 10.2. The zero-order valence-corrected chi connectivity index (χ0v) is 18.6. The molecule has 33 heavy (non-hydrogen) atoms. The van der Waals surface area contributed by atoms with Crippen LogP contribution in [0.3, 0.4) is 0 Å². The van der Waals surface area contributed by atoms with Crippen molar-refractivity contribution in [2.24, 2.45) is 4.99 Å². The molecule has 0 amide bonds. The van der Waals surface area contributed by atoms with Crippen LogP contribution in [-0.4, -0.2) is 59.9 Å². The summed E-state index contributed by atoms with van der Waals surface area (Å²) >= 11 is 0. The standard InChI is InChI=1S/C22H22N4O6S/c1-15-3-2-4-17(13-15)26-21(28)19(20(27)24-22(26)29)14-23-16-5-7-18(8-6-16)33(30,31)25-9-11-32-12-10-25/h2-8,13-14,28H,9-12H2,1H3,(H,24,27,29). The van der Waals surface area contributed by atoms with Crippen LogP contribution >= 0.6 is 0 Å². The van der Waals surface area contributed by atoms with E-state index in [-0.39, 0.29) is 10.5 Å². The van der Waals surface area contributed by atoms with Gasteiger partial charge in [0.05, 0.1) is 29.5 Å². The molecular formula is C22H22N4O6S. The van der Waals surface area contributed by atoms with E-state index >= 15 is 0 Å². The van der Waals surface area contributed by atoms with Crippen LogP contribution in [0.25, 0.3) is 5.69 Å². The Bertz CT molecular complexity index is 1420. The highest BCUT2D eigenvalue weighted by Gasteiger charge is 2.26. The number of hydrogen-bond donors (Lipinski definition) is 2. The fraction of sp³-hybridized carbons (Fsp3) is 0.227. The van der Waals surface area contributed by atoms with Gasteiger partial charge in [0.2, 0.25) is 15.9 Å². The van der Waals surface area contributed by atoms with E-state index in [1.165, 1.54) is 28.6 Å². The molecule has 0 radical (unpaired) electrons. The molecule has 1 aromatic heterocycles. The predicted octanol–water partition coefficient (Wildman–Crippen LogP) is 1.31. The lowest BCUT2D eigenvalue weighted by Crippen LogP contribution is -2.40. The number of aromatic nitrogens is 2. The molecule has 1 aliphatic heterocycles. The third-order valence-corrected chi connectivity index (χ3v) is 7.08. The lowest BCUT2D eigenvalue weighted by molar-refractivity contribution is 0.0730. The van der Waals surface area contributed by atoms with Crippen molar-refractivity contribution >= 4 is 21.9 Å². The average molecular weight is 471 g/mol. The highest BCUT2D eigenvalue weighted by atomic mass is 32.2. The van der Waals surface area contributed by atoms with Gasteiger partial charge in [-0.25, -0.2) is 17.8 Å². The number of aromatic hydroxyl groups is 1. The summed E-state index contributed by atoms with van der Waals surface area (Å²) in [5, 5.41) is 10.6. The Balaban J connectivity index is 1.64. The first-order valence-corrected chi connectivity index (χ1v) is 11.6. The van der Waals surface area contributed by atoms with Gasteiger partial charge in [-0.1, -0.05) is 12.1 Å². The topological polar surface area (TPSA) is 134 Å². The van der Waals surface area contributed by atoms with E-state index in [2.05, 4.69) is 9.98 Å². The molecule has 11 heteroatoms. The van der Waals surface area contributed by atoms with Crippen LogP contribution in [0.1, 0.15) is 11.1 Å². The van der Waals surface area contributed by atoms with E-state index in [1.807, 2.05) is 13.0 Å². The second kappa shape index (κ2) is 9.14. The number of aryl methyl sites for hydroxylation is 1. The number of benzene rings is 2. The van der Waals surface area contributed by atoms with Gasteiger partial charge < -0.3 is 9.84 Å². The summed E-state index contributed by atoms with van der Waals surface area (Å²) in [6.07, 6.45) is 1.13. The van der Waals surface area contributed by atoms with Crippen molar-refractivity contribution in [3.05, 3.63) is 80.5 Å². The van der Waals surface area contributed by atoms with E-state index in [4.69, 9.17) is 4.74 Å². The monoisotopic (exact) mass is 470 g/mol. The van der Waals surface area contributed by atoms with Crippen molar-refractivity contribution in [3.63, 3.8) is 0 Å².